The van der Waals surface area contributed by atoms with E-state index >= 15 is 0 Å². The summed E-state index contributed by atoms with van der Waals surface area (Å²) in [6.07, 6.45) is 1.79. The number of hydrogen-bond acceptors (Lipinski definition) is 2. The van der Waals surface area contributed by atoms with Crippen molar-refractivity contribution in [3.63, 3.8) is 0 Å². The number of carbonyl (C=O) groups is 1. The van der Waals surface area contributed by atoms with Crippen molar-refractivity contribution in [1.29, 1.82) is 0 Å². The van der Waals surface area contributed by atoms with Gasteiger partial charge in [-0.3, -0.25) is 4.90 Å². The molecule has 0 radical (unpaired) electrons. The monoisotopic (exact) mass is 315 g/mol. The minimum Gasteiger partial charge on any atom is -0.352 e. The molecule has 1 aromatic carbocycles. The fourth-order valence-corrected chi connectivity index (χ4v) is 3.12. The van der Waals surface area contributed by atoms with E-state index in [1.54, 1.807) is 6.07 Å². The maximum absolute atomic E-state index is 10.9. The van der Waals surface area contributed by atoms with E-state index in [1.807, 2.05) is 12.1 Å². The van der Waals surface area contributed by atoms with E-state index in [0.29, 0.717) is 5.02 Å². The van der Waals surface area contributed by atoms with Gasteiger partial charge < -0.3 is 11.1 Å². The Kier molecular flexibility index (Phi) is 5.13. The van der Waals surface area contributed by atoms with Crippen molar-refractivity contribution in [3.8, 4) is 0 Å². The predicted octanol–water partition coefficient (Wildman–Crippen LogP) is 3.19. The minimum absolute atomic E-state index is 0.172. The quantitative estimate of drug-likeness (QED) is 0.900. The van der Waals surface area contributed by atoms with Crippen LogP contribution in [0.1, 0.15) is 31.4 Å². The lowest BCUT2D eigenvalue weighted by Gasteiger charge is -2.36. The molecule has 2 rings (SSSR count). The maximum atomic E-state index is 10.9. The second kappa shape index (κ2) is 6.66. The normalized spacial score (nSPS) is 18.8. The Morgan fingerprint density at radius 3 is 2.65 bits per heavy atom. The molecule has 1 fully saturated rings. The number of rotatable bonds is 3. The number of benzene rings is 1. The number of hydrogen-bond donors (Lipinski definition) is 2. The van der Waals surface area contributed by atoms with E-state index in [4.69, 9.17) is 28.9 Å². The van der Waals surface area contributed by atoms with Crippen molar-refractivity contribution in [2.24, 2.45) is 5.73 Å². The highest BCUT2D eigenvalue weighted by Gasteiger charge is 2.25. The third-order valence-corrected chi connectivity index (χ3v) is 4.41. The fourth-order valence-electron chi connectivity index (χ4n) is 2.66. The average Bonchev–Trinajstić information content (AvgIpc) is 2.41. The molecule has 0 aromatic heterocycles. The first-order chi connectivity index (χ1) is 9.47. The van der Waals surface area contributed by atoms with Crippen LogP contribution in [0, 0.1) is 0 Å². The van der Waals surface area contributed by atoms with E-state index in [2.05, 4.69) is 17.1 Å². The van der Waals surface area contributed by atoms with Gasteiger partial charge in [-0.1, -0.05) is 23.2 Å². The number of nitrogens with one attached hydrogen (secondary N) is 1. The fraction of sp³-hybridized carbons (Fsp3) is 0.500. The number of nitrogens with two attached hydrogens (primary N) is 1. The Labute approximate surface area is 129 Å². The van der Waals surface area contributed by atoms with Gasteiger partial charge in [0.15, 0.2) is 0 Å². The summed E-state index contributed by atoms with van der Waals surface area (Å²) in [5.74, 6) is 0. The zero-order chi connectivity index (χ0) is 14.7. The number of halogens is 2. The molecule has 1 atom stereocenters. The molecule has 20 heavy (non-hydrogen) atoms. The maximum Gasteiger partial charge on any atom is 0.312 e. The van der Waals surface area contributed by atoms with Crippen LogP contribution >= 0.6 is 23.2 Å². The smallest absolute Gasteiger partial charge is 0.312 e. The Bertz CT molecular complexity index is 487. The van der Waals surface area contributed by atoms with Crippen molar-refractivity contribution >= 4 is 29.2 Å². The van der Waals surface area contributed by atoms with Crippen LogP contribution in [0.3, 0.4) is 0 Å². The molecule has 1 saturated heterocycles. The zero-order valence-electron chi connectivity index (χ0n) is 11.4. The van der Waals surface area contributed by atoms with E-state index in [1.165, 1.54) is 0 Å². The molecule has 0 spiro atoms. The third-order valence-electron chi connectivity index (χ3n) is 3.83. The van der Waals surface area contributed by atoms with Gasteiger partial charge in [0, 0.05) is 35.2 Å². The van der Waals surface area contributed by atoms with Crippen molar-refractivity contribution < 1.29 is 4.79 Å². The number of nitrogens with zero attached hydrogens (tertiary/aromatic N) is 1. The summed E-state index contributed by atoms with van der Waals surface area (Å²) in [5.41, 5.74) is 6.19. The summed E-state index contributed by atoms with van der Waals surface area (Å²) < 4.78 is 0. The van der Waals surface area contributed by atoms with Gasteiger partial charge in [0.25, 0.3) is 0 Å². The standard InChI is InChI=1S/C14H19Cl2N3O/c1-9(12-8-10(15)2-3-13(12)16)19-6-4-11(5-7-19)18-14(17)20/h2-3,8-9,11H,4-7H2,1H3,(H3,17,18,20)/t9-/m0/s1. The summed E-state index contributed by atoms with van der Waals surface area (Å²) >= 11 is 12.3. The van der Waals surface area contributed by atoms with Crippen molar-refractivity contribution in [1.82, 2.24) is 10.2 Å². The molecule has 2 amide bonds. The van der Waals surface area contributed by atoms with Crippen molar-refractivity contribution in [2.45, 2.75) is 31.8 Å². The largest absolute Gasteiger partial charge is 0.352 e. The molecular formula is C14H19Cl2N3O. The predicted molar refractivity (Wildman–Crippen MR) is 82.2 cm³/mol. The van der Waals surface area contributed by atoms with Gasteiger partial charge in [-0.2, -0.15) is 0 Å². The summed E-state index contributed by atoms with van der Waals surface area (Å²) in [7, 11) is 0. The molecule has 6 heteroatoms. The number of amides is 2. The van der Waals surface area contributed by atoms with Crippen molar-refractivity contribution in [2.75, 3.05) is 13.1 Å². The van der Waals surface area contributed by atoms with E-state index in [9.17, 15) is 4.79 Å². The lowest BCUT2D eigenvalue weighted by atomic mass is 10.0. The Balaban J connectivity index is 1.99. The highest BCUT2D eigenvalue weighted by atomic mass is 35.5. The van der Waals surface area contributed by atoms with Crippen LogP contribution in [0.2, 0.25) is 10.0 Å². The summed E-state index contributed by atoms with van der Waals surface area (Å²) in [5, 5.41) is 4.20. The van der Waals surface area contributed by atoms with Crippen LogP contribution in [0.4, 0.5) is 4.79 Å². The van der Waals surface area contributed by atoms with Gasteiger partial charge >= 0.3 is 6.03 Å². The first-order valence-corrected chi connectivity index (χ1v) is 7.48. The van der Waals surface area contributed by atoms with Gasteiger partial charge in [0.05, 0.1) is 0 Å². The molecular weight excluding hydrogens is 297 g/mol. The van der Waals surface area contributed by atoms with Gasteiger partial charge in [-0.25, -0.2) is 4.79 Å². The molecule has 1 aliphatic rings. The molecule has 1 aromatic rings. The third kappa shape index (κ3) is 3.78. The number of piperidine rings is 1. The molecule has 0 saturated carbocycles. The van der Waals surface area contributed by atoms with E-state index in [-0.39, 0.29) is 12.1 Å². The van der Waals surface area contributed by atoms with Gasteiger partial charge in [-0.15, -0.1) is 0 Å². The van der Waals surface area contributed by atoms with Crippen LogP contribution in [0.15, 0.2) is 18.2 Å². The zero-order valence-corrected chi connectivity index (χ0v) is 12.9. The molecule has 1 heterocycles. The van der Waals surface area contributed by atoms with Crippen LogP contribution < -0.4 is 11.1 Å². The van der Waals surface area contributed by atoms with Gasteiger partial charge in [0.1, 0.15) is 0 Å². The van der Waals surface area contributed by atoms with E-state index < -0.39 is 6.03 Å². The molecule has 0 unspecified atom stereocenters. The Morgan fingerprint density at radius 1 is 1.40 bits per heavy atom. The number of carbonyl (C=O) groups excluding carboxylic acids is 1. The second-order valence-electron chi connectivity index (χ2n) is 5.16. The minimum atomic E-state index is -0.450. The molecule has 1 aliphatic heterocycles. The Morgan fingerprint density at radius 2 is 2.05 bits per heavy atom. The molecule has 110 valence electrons. The van der Waals surface area contributed by atoms with Crippen molar-refractivity contribution in [3.05, 3.63) is 33.8 Å². The molecule has 3 N–H and O–H groups in total. The molecule has 4 nitrogen and oxygen atoms in total. The lowest BCUT2D eigenvalue weighted by Crippen LogP contribution is -2.46. The second-order valence-corrected chi connectivity index (χ2v) is 6.00. The highest BCUT2D eigenvalue weighted by molar-refractivity contribution is 6.33. The SMILES string of the molecule is C[C@@H](c1cc(Cl)ccc1Cl)N1CCC(NC(N)=O)CC1. The van der Waals surface area contributed by atoms with Crippen LogP contribution in [-0.4, -0.2) is 30.1 Å². The van der Waals surface area contributed by atoms with Crippen LogP contribution in [0.25, 0.3) is 0 Å². The topological polar surface area (TPSA) is 58.4 Å². The van der Waals surface area contributed by atoms with Gasteiger partial charge in [-0.05, 0) is 43.5 Å². The number of likely N-dealkylation sites (tertiary alicyclic amines) is 1. The Hall–Kier alpha value is -0.970. The van der Waals surface area contributed by atoms with Crippen LogP contribution in [-0.2, 0) is 0 Å². The number of urea groups is 1. The highest BCUT2D eigenvalue weighted by Crippen LogP contribution is 2.31. The summed E-state index contributed by atoms with van der Waals surface area (Å²) in [6, 6.07) is 5.47. The summed E-state index contributed by atoms with van der Waals surface area (Å²) in [4.78, 5) is 13.2. The first-order valence-electron chi connectivity index (χ1n) is 6.72. The average molecular weight is 316 g/mol. The van der Waals surface area contributed by atoms with Gasteiger partial charge in [0.2, 0.25) is 0 Å². The molecule has 0 bridgehead atoms. The summed E-state index contributed by atoms with van der Waals surface area (Å²) in [6.45, 7) is 3.92. The first kappa shape index (κ1) is 15.4. The molecule has 0 aliphatic carbocycles. The number of primary amides is 1. The van der Waals surface area contributed by atoms with Crippen LogP contribution in [0.5, 0.6) is 0 Å². The van der Waals surface area contributed by atoms with E-state index in [0.717, 1.165) is 36.5 Å². The lowest BCUT2D eigenvalue weighted by molar-refractivity contribution is 0.154.